The predicted octanol–water partition coefficient (Wildman–Crippen LogP) is 0.224. The van der Waals surface area contributed by atoms with E-state index in [4.69, 9.17) is 4.74 Å². The zero-order valence-electron chi connectivity index (χ0n) is 13.6. The van der Waals surface area contributed by atoms with Gasteiger partial charge in [0, 0.05) is 32.7 Å². The minimum absolute atomic E-state index is 0.0330. The van der Waals surface area contributed by atoms with Crippen molar-refractivity contribution in [1.82, 2.24) is 15.1 Å². The molecule has 3 saturated heterocycles. The van der Waals surface area contributed by atoms with Gasteiger partial charge in [-0.2, -0.15) is 0 Å². The first-order valence-electron chi connectivity index (χ1n) is 8.38. The lowest BCUT2D eigenvalue weighted by Gasteiger charge is -2.43. The molecule has 0 aromatic heterocycles. The summed E-state index contributed by atoms with van der Waals surface area (Å²) in [5.74, 6) is 0.146. The van der Waals surface area contributed by atoms with Crippen LogP contribution in [-0.4, -0.2) is 73.6 Å². The van der Waals surface area contributed by atoms with E-state index in [1.807, 2.05) is 0 Å². The Balaban J connectivity index is 1.69. The number of amides is 2. The summed E-state index contributed by atoms with van der Waals surface area (Å²) in [6.45, 7) is 5.46. The molecule has 2 atom stereocenters. The van der Waals surface area contributed by atoms with Crippen molar-refractivity contribution in [2.45, 2.75) is 44.8 Å². The fourth-order valence-corrected chi connectivity index (χ4v) is 4.02. The fourth-order valence-electron chi connectivity index (χ4n) is 4.02. The molecule has 6 nitrogen and oxygen atoms in total. The van der Waals surface area contributed by atoms with E-state index >= 15 is 0 Å². The van der Waals surface area contributed by atoms with Crippen LogP contribution in [0, 0.1) is 5.41 Å². The predicted molar refractivity (Wildman–Crippen MR) is 82.3 cm³/mol. The van der Waals surface area contributed by atoms with Crippen molar-refractivity contribution >= 4 is 11.8 Å². The van der Waals surface area contributed by atoms with Gasteiger partial charge >= 0.3 is 0 Å². The lowest BCUT2D eigenvalue weighted by molar-refractivity contribution is -0.146. The van der Waals surface area contributed by atoms with Gasteiger partial charge in [0.2, 0.25) is 11.8 Å². The Morgan fingerprint density at radius 1 is 1.18 bits per heavy atom. The average molecular weight is 309 g/mol. The molecule has 1 N–H and O–H groups in total. The lowest BCUT2D eigenvalue weighted by atomic mass is 9.75. The largest absolute Gasteiger partial charge is 0.377 e. The van der Waals surface area contributed by atoms with Crippen LogP contribution in [0.25, 0.3) is 0 Å². The highest BCUT2D eigenvalue weighted by atomic mass is 16.5. The highest BCUT2D eigenvalue weighted by Crippen LogP contribution is 2.41. The molecule has 0 unspecified atom stereocenters. The first kappa shape index (κ1) is 15.7. The van der Waals surface area contributed by atoms with Crippen LogP contribution in [-0.2, 0) is 14.3 Å². The summed E-state index contributed by atoms with van der Waals surface area (Å²) in [5.41, 5.74) is -0.534. The smallest absolute Gasteiger partial charge is 0.230 e. The van der Waals surface area contributed by atoms with Crippen LogP contribution in [0.3, 0.4) is 0 Å². The van der Waals surface area contributed by atoms with Gasteiger partial charge in [-0.1, -0.05) is 0 Å². The summed E-state index contributed by atoms with van der Waals surface area (Å²) < 4.78 is 5.81. The van der Waals surface area contributed by atoms with Gasteiger partial charge in [0.1, 0.15) is 0 Å². The van der Waals surface area contributed by atoms with Gasteiger partial charge in [0.05, 0.1) is 11.5 Å². The van der Waals surface area contributed by atoms with Crippen LogP contribution in [0.5, 0.6) is 0 Å². The second kappa shape index (κ2) is 6.16. The maximum Gasteiger partial charge on any atom is 0.230 e. The summed E-state index contributed by atoms with van der Waals surface area (Å²) in [6, 6.07) is 0.257. The Labute approximate surface area is 132 Å². The molecular formula is C16H27N3O3. The Morgan fingerprint density at radius 2 is 1.91 bits per heavy atom. The highest BCUT2D eigenvalue weighted by molar-refractivity contribution is 5.85. The summed E-state index contributed by atoms with van der Waals surface area (Å²) in [5, 5.41) is 3.25. The molecule has 2 amide bonds. The molecule has 124 valence electrons. The van der Waals surface area contributed by atoms with Crippen molar-refractivity contribution < 1.29 is 14.3 Å². The molecule has 0 bridgehead atoms. The standard InChI is InChI=1S/C16H27N3O3/c1-12(20)19-9-5-14-16(11-19,6-10-22-14)15(21)17-13-3-7-18(2)8-4-13/h13-14H,3-11H2,1-2H3,(H,17,21)/t14-,16-/m1/s1. The quantitative estimate of drug-likeness (QED) is 0.793. The van der Waals surface area contributed by atoms with Crippen molar-refractivity contribution in [3.05, 3.63) is 0 Å². The third-order valence-electron chi connectivity index (χ3n) is 5.57. The van der Waals surface area contributed by atoms with Crippen molar-refractivity contribution in [1.29, 1.82) is 0 Å². The number of ether oxygens (including phenoxy) is 1. The van der Waals surface area contributed by atoms with Crippen LogP contribution in [0.15, 0.2) is 0 Å². The maximum atomic E-state index is 13.0. The van der Waals surface area contributed by atoms with E-state index in [1.165, 1.54) is 0 Å². The van der Waals surface area contributed by atoms with E-state index in [0.29, 0.717) is 19.7 Å². The number of piperidine rings is 2. The monoisotopic (exact) mass is 309 g/mol. The normalized spacial score (nSPS) is 33.5. The number of carbonyl (C=O) groups excluding carboxylic acids is 2. The van der Waals surface area contributed by atoms with Gasteiger partial charge in [-0.25, -0.2) is 0 Å². The summed E-state index contributed by atoms with van der Waals surface area (Å²) >= 11 is 0. The zero-order chi connectivity index (χ0) is 15.7. The van der Waals surface area contributed by atoms with Gasteiger partial charge in [-0.15, -0.1) is 0 Å². The molecule has 22 heavy (non-hydrogen) atoms. The Hall–Kier alpha value is -1.14. The Morgan fingerprint density at radius 3 is 2.59 bits per heavy atom. The van der Waals surface area contributed by atoms with E-state index in [9.17, 15) is 9.59 Å². The molecule has 0 saturated carbocycles. The number of hydrogen-bond donors (Lipinski definition) is 1. The van der Waals surface area contributed by atoms with Crippen molar-refractivity contribution in [2.75, 3.05) is 39.8 Å². The van der Waals surface area contributed by atoms with Crippen LogP contribution in [0.1, 0.15) is 32.6 Å². The minimum Gasteiger partial charge on any atom is -0.377 e. The first-order chi connectivity index (χ1) is 10.5. The van der Waals surface area contributed by atoms with Crippen LogP contribution in [0.4, 0.5) is 0 Å². The molecule has 0 spiro atoms. The lowest BCUT2D eigenvalue weighted by Crippen LogP contribution is -2.59. The van der Waals surface area contributed by atoms with E-state index in [0.717, 1.165) is 38.8 Å². The molecule has 0 aliphatic carbocycles. The summed E-state index contributed by atoms with van der Waals surface area (Å²) in [6.07, 6.45) is 3.45. The van der Waals surface area contributed by atoms with Crippen LogP contribution < -0.4 is 5.32 Å². The van der Waals surface area contributed by atoms with E-state index < -0.39 is 5.41 Å². The maximum absolute atomic E-state index is 13.0. The molecule has 6 heteroatoms. The SMILES string of the molecule is CC(=O)N1CC[C@H]2OCC[C@@]2(C(=O)NC2CCN(C)CC2)C1. The molecule has 3 aliphatic rings. The first-order valence-corrected chi connectivity index (χ1v) is 8.38. The number of nitrogens with zero attached hydrogens (tertiary/aromatic N) is 2. The third-order valence-corrected chi connectivity index (χ3v) is 5.57. The van der Waals surface area contributed by atoms with Gasteiger partial charge in [-0.3, -0.25) is 9.59 Å². The van der Waals surface area contributed by atoms with Crippen molar-refractivity contribution in [3.63, 3.8) is 0 Å². The second-order valence-corrected chi connectivity index (χ2v) is 7.05. The number of likely N-dealkylation sites (tertiary alicyclic amines) is 2. The number of hydrogen-bond acceptors (Lipinski definition) is 4. The van der Waals surface area contributed by atoms with Crippen LogP contribution in [0.2, 0.25) is 0 Å². The number of nitrogens with one attached hydrogen (secondary N) is 1. The number of rotatable bonds is 2. The van der Waals surface area contributed by atoms with Gasteiger partial charge in [0.25, 0.3) is 0 Å². The second-order valence-electron chi connectivity index (χ2n) is 7.05. The molecule has 3 rings (SSSR count). The fraction of sp³-hybridized carbons (Fsp3) is 0.875. The van der Waals surface area contributed by atoms with E-state index in [2.05, 4.69) is 17.3 Å². The topological polar surface area (TPSA) is 61.9 Å². The highest BCUT2D eigenvalue weighted by Gasteiger charge is 2.54. The van der Waals surface area contributed by atoms with Crippen molar-refractivity contribution in [3.8, 4) is 0 Å². The van der Waals surface area contributed by atoms with Gasteiger partial charge < -0.3 is 19.9 Å². The Kier molecular flexibility index (Phi) is 4.41. The molecule has 0 aromatic carbocycles. The van der Waals surface area contributed by atoms with E-state index in [-0.39, 0.29) is 24.0 Å². The zero-order valence-corrected chi connectivity index (χ0v) is 13.6. The summed E-state index contributed by atoms with van der Waals surface area (Å²) in [7, 11) is 2.11. The van der Waals surface area contributed by atoms with Gasteiger partial charge in [-0.05, 0) is 45.8 Å². The Bertz CT molecular complexity index is 448. The third kappa shape index (κ3) is 2.86. The molecule has 3 aliphatic heterocycles. The molecule has 0 radical (unpaired) electrons. The van der Waals surface area contributed by atoms with Crippen molar-refractivity contribution in [2.24, 2.45) is 5.41 Å². The number of carbonyl (C=O) groups is 2. The number of fused-ring (bicyclic) bond motifs is 1. The molecule has 0 aromatic rings. The minimum atomic E-state index is -0.534. The summed E-state index contributed by atoms with van der Waals surface area (Å²) in [4.78, 5) is 28.8. The average Bonchev–Trinajstić information content (AvgIpc) is 2.93. The molecular weight excluding hydrogens is 282 g/mol. The molecule has 3 heterocycles. The van der Waals surface area contributed by atoms with E-state index in [1.54, 1.807) is 11.8 Å². The van der Waals surface area contributed by atoms with Crippen LogP contribution >= 0.6 is 0 Å². The molecule has 3 fully saturated rings. The van der Waals surface area contributed by atoms with Gasteiger partial charge in [0.15, 0.2) is 0 Å².